The number of benzene rings is 1. The fraction of sp³-hybridized carbons (Fsp3) is 0.357. The van der Waals surface area contributed by atoms with Crippen molar-refractivity contribution in [1.29, 1.82) is 0 Å². The van der Waals surface area contributed by atoms with Crippen LogP contribution in [0.2, 0.25) is 0 Å². The van der Waals surface area contributed by atoms with Crippen LogP contribution in [0, 0.1) is 5.82 Å². The second-order valence-corrected chi connectivity index (χ2v) is 4.40. The third-order valence-corrected chi connectivity index (χ3v) is 3.11. The first-order valence-electron chi connectivity index (χ1n) is 6.13. The molecule has 0 aliphatic heterocycles. The minimum absolute atomic E-state index is 0.132. The van der Waals surface area contributed by atoms with Gasteiger partial charge in [-0.05, 0) is 37.6 Å². The lowest BCUT2D eigenvalue weighted by molar-refractivity contribution is 0.526. The number of halogens is 1. The van der Waals surface area contributed by atoms with Gasteiger partial charge in [0.25, 0.3) is 0 Å². The summed E-state index contributed by atoms with van der Waals surface area (Å²) in [5, 5.41) is 7.51. The van der Waals surface area contributed by atoms with Gasteiger partial charge in [0.15, 0.2) is 0 Å². The van der Waals surface area contributed by atoms with Crippen LogP contribution in [0.3, 0.4) is 0 Å². The van der Waals surface area contributed by atoms with E-state index < -0.39 is 0 Å². The Morgan fingerprint density at radius 2 is 2.11 bits per heavy atom. The van der Waals surface area contributed by atoms with Gasteiger partial charge in [-0.3, -0.25) is 4.68 Å². The van der Waals surface area contributed by atoms with Crippen molar-refractivity contribution in [3.63, 3.8) is 0 Å². The minimum atomic E-state index is -0.132. The Bertz CT molecular complexity index is 507. The molecule has 4 heteroatoms. The molecule has 0 aliphatic rings. The van der Waals surface area contributed by atoms with Crippen molar-refractivity contribution >= 4 is 0 Å². The molecule has 2 rings (SSSR count). The fourth-order valence-electron chi connectivity index (χ4n) is 2.04. The molecule has 1 heterocycles. The van der Waals surface area contributed by atoms with Crippen LogP contribution in [0.25, 0.3) is 0 Å². The van der Waals surface area contributed by atoms with Crippen LogP contribution in [0.15, 0.2) is 36.5 Å². The smallest absolute Gasteiger partial charge is 0.126 e. The Morgan fingerprint density at radius 1 is 1.33 bits per heavy atom. The van der Waals surface area contributed by atoms with Crippen molar-refractivity contribution in [2.24, 2.45) is 7.05 Å². The summed E-state index contributed by atoms with van der Waals surface area (Å²) in [5.41, 5.74) is 1.88. The van der Waals surface area contributed by atoms with E-state index in [2.05, 4.69) is 17.3 Å². The Morgan fingerprint density at radius 3 is 2.78 bits per heavy atom. The highest BCUT2D eigenvalue weighted by Crippen LogP contribution is 2.11. The SMILES string of the molecule is CC(NCCc1ccccc1F)c1ccnn1C. The van der Waals surface area contributed by atoms with Crippen molar-refractivity contribution in [2.75, 3.05) is 6.54 Å². The van der Waals surface area contributed by atoms with E-state index in [0.717, 1.165) is 17.8 Å². The molecule has 96 valence electrons. The normalized spacial score (nSPS) is 12.6. The molecule has 0 amide bonds. The zero-order valence-electron chi connectivity index (χ0n) is 10.7. The van der Waals surface area contributed by atoms with E-state index in [1.165, 1.54) is 6.07 Å². The highest BCUT2D eigenvalue weighted by Gasteiger charge is 2.08. The molecular weight excluding hydrogens is 229 g/mol. The predicted molar refractivity (Wildman–Crippen MR) is 69.7 cm³/mol. The standard InChI is InChI=1S/C14H18FN3/c1-11(14-8-10-17-18(14)2)16-9-7-12-5-3-4-6-13(12)15/h3-6,8,10-11,16H,7,9H2,1-2H3. The van der Waals surface area contributed by atoms with Crippen LogP contribution < -0.4 is 5.32 Å². The number of aryl methyl sites for hydroxylation is 1. The fourth-order valence-corrected chi connectivity index (χ4v) is 2.04. The number of nitrogens with one attached hydrogen (secondary N) is 1. The lowest BCUT2D eigenvalue weighted by Gasteiger charge is -2.14. The Hall–Kier alpha value is -1.68. The molecule has 0 saturated carbocycles. The molecule has 1 N–H and O–H groups in total. The van der Waals surface area contributed by atoms with E-state index in [1.54, 1.807) is 12.3 Å². The van der Waals surface area contributed by atoms with Crippen molar-refractivity contribution in [3.8, 4) is 0 Å². The van der Waals surface area contributed by atoms with Gasteiger partial charge in [-0.15, -0.1) is 0 Å². The second kappa shape index (κ2) is 5.78. The maximum absolute atomic E-state index is 13.4. The first kappa shape index (κ1) is 12.8. The van der Waals surface area contributed by atoms with E-state index in [4.69, 9.17) is 0 Å². The van der Waals surface area contributed by atoms with Crippen LogP contribution in [-0.4, -0.2) is 16.3 Å². The largest absolute Gasteiger partial charge is 0.309 e. The summed E-state index contributed by atoms with van der Waals surface area (Å²) in [6, 6.07) is 9.10. The second-order valence-electron chi connectivity index (χ2n) is 4.40. The number of hydrogen-bond donors (Lipinski definition) is 1. The summed E-state index contributed by atoms with van der Waals surface area (Å²) in [5.74, 6) is -0.132. The third kappa shape index (κ3) is 2.96. The molecule has 0 aliphatic carbocycles. The number of hydrogen-bond acceptors (Lipinski definition) is 2. The summed E-state index contributed by atoms with van der Waals surface area (Å²) in [6.07, 6.45) is 2.47. The molecule has 1 aromatic carbocycles. The zero-order valence-corrected chi connectivity index (χ0v) is 10.7. The Kier molecular flexibility index (Phi) is 4.10. The van der Waals surface area contributed by atoms with Gasteiger partial charge in [0.05, 0.1) is 5.69 Å². The zero-order chi connectivity index (χ0) is 13.0. The topological polar surface area (TPSA) is 29.9 Å². The quantitative estimate of drug-likeness (QED) is 0.879. The van der Waals surface area contributed by atoms with E-state index >= 15 is 0 Å². The number of rotatable bonds is 5. The van der Waals surface area contributed by atoms with Crippen molar-refractivity contribution in [2.45, 2.75) is 19.4 Å². The van der Waals surface area contributed by atoms with Crippen LogP contribution >= 0.6 is 0 Å². The average molecular weight is 247 g/mol. The van der Waals surface area contributed by atoms with E-state index in [1.807, 2.05) is 29.9 Å². The third-order valence-electron chi connectivity index (χ3n) is 3.11. The highest BCUT2D eigenvalue weighted by atomic mass is 19.1. The summed E-state index contributed by atoms with van der Waals surface area (Å²) in [7, 11) is 1.92. The first-order valence-corrected chi connectivity index (χ1v) is 6.13. The van der Waals surface area contributed by atoms with Gasteiger partial charge >= 0.3 is 0 Å². The average Bonchev–Trinajstić information content (AvgIpc) is 2.78. The summed E-state index contributed by atoms with van der Waals surface area (Å²) in [4.78, 5) is 0. The Labute approximate surface area is 107 Å². The van der Waals surface area contributed by atoms with Crippen LogP contribution in [0.5, 0.6) is 0 Å². The first-order chi connectivity index (χ1) is 8.68. The lowest BCUT2D eigenvalue weighted by Crippen LogP contribution is -2.23. The molecule has 0 bridgehead atoms. The molecule has 1 atom stereocenters. The highest BCUT2D eigenvalue weighted by molar-refractivity contribution is 5.17. The van der Waals surface area contributed by atoms with Crippen molar-refractivity contribution in [3.05, 3.63) is 53.6 Å². The summed E-state index contributed by atoms with van der Waals surface area (Å²) < 4.78 is 15.3. The van der Waals surface area contributed by atoms with Gasteiger partial charge in [0.1, 0.15) is 5.82 Å². The monoisotopic (exact) mass is 247 g/mol. The summed E-state index contributed by atoms with van der Waals surface area (Å²) in [6.45, 7) is 2.83. The predicted octanol–water partition coefficient (Wildman–Crippen LogP) is 2.45. The van der Waals surface area contributed by atoms with E-state index in [9.17, 15) is 4.39 Å². The van der Waals surface area contributed by atoms with Crippen LogP contribution in [0.1, 0.15) is 24.2 Å². The lowest BCUT2D eigenvalue weighted by atomic mass is 10.1. The maximum Gasteiger partial charge on any atom is 0.126 e. The molecule has 1 aromatic heterocycles. The van der Waals surface area contributed by atoms with Crippen LogP contribution in [-0.2, 0) is 13.5 Å². The molecule has 2 aromatic rings. The van der Waals surface area contributed by atoms with Gasteiger partial charge < -0.3 is 5.32 Å². The van der Waals surface area contributed by atoms with E-state index in [0.29, 0.717) is 6.42 Å². The van der Waals surface area contributed by atoms with Crippen molar-refractivity contribution < 1.29 is 4.39 Å². The minimum Gasteiger partial charge on any atom is -0.309 e. The molecular formula is C14H18FN3. The van der Waals surface area contributed by atoms with E-state index in [-0.39, 0.29) is 11.9 Å². The molecule has 0 fully saturated rings. The maximum atomic E-state index is 13.4. The van der Waals surface area contributed by atoms with Gasteiger partial charge in [0, 0.05) is 19.3 Å². The number of nitrogens with zero attached hydrogens (tertiary/aromatic N) is 2. The van der Waals surface area contributed by atoms with Crippen molar-refractivity contribution in [1.82, 2.24) is 15.1 Å². The molecule has 3 nitrogen and oxygen atoms in total. The van der Waals surface area contributed by atoms with Crippen LogP contribution in [0.4, 0.5) is 4.39 Å². The summed E-state index contributed by atoms with van der Waals surface area (Å²) >= 11 is 0. The number of aromatic nitrogens is 2. The molecule has 0 saturated heterocycles. The molecule has 0 spiro atoms. The molecule has 1 unspecified atom stereocenters. The van der Waals surface area contributed by atoms with Gasteiger partial charge in [-0.25, -0.2) is 4.39 Å². The Balaban J connectivity index is 1.86. The molecule has 18 heavy (non-hydrogen) atoms. The molecule has 0 radical (unpaired) electrons. The van der Waals surface area contributed by atoms with Gasteiger partial charge in [-0.1, -0.05) is 18.2 Å². The van der Waals surface area contributed by atoms with Gasteiger partial charge in [0.2, 0.25) is 0 Å². The van der Waals surface area contributed by atoms with Gasteiger partial charge in [-0.2, -0.15) is 5.10 Å².